The van der Waals surface area contributed by atoms with E-state index in [4.69, 9.17) is 4.74 Å². The molecule has 28 heavy (non-hydrogen) atoms. The molecule has 3 rings (SSSR count). The summed E-state index contributed by atoms with van der Waals surface area (Å²) >= 11 is 2.29. The van der Waals surface area contributed by atoms with Gasteiger partial charge in [0.1, 0.15) is 5.75 Å². The molecule has 8 heteroatoms. The minimum absolute atomic E-state index is 0.0333. The average Bonchev–Trinajstić information content (AvgIpc) is 2.70. The van der Waals surface area contributed by atoms with Gasteiger partial charge in [0, 0.05) is 46.4 Å². The van der Waals surface area contributed by atoms with Crippen LogP contribution in [0.25, 0.3) is 0 Å². The van der Waals surface area contributed by atoms with E-state index in [1.807, 2.05) is 25.2 Å². The molecule has 0 unspecified atom stereocenters. The van der Waals surface area contributed by atoms with Gasteiger partial charge in [0.05, 0.1) is 17.8 Å². The Bertz CT molecular complexity index is 880. The summed E-state index contributed by atoms with van der Waals surface area (Å²) in [6.07, 6.45) is 0.899. The second-order valence-corrected chi connectivity index (χ2v) is 10.9. The molecule has 152 valence electrons. The van der Waals surface area contributed by atoms with Crippen molar-refractivity contribution in [3.63, 3.8) is 0 Å². The van der Waals surface area contributed by atoms with Crippen molar-refractivity contribution in [1.82, 2.24) is 9.21 Å². The lowest BCUT2D eigenvalue weighted by molar-refractivity contribution is 0.120. The van der Waals surface area contributed by atoms with Gasteiger partial charge in [0.2, 0.25) is 0 Å². The predicted molar refractivity (Wildman–Crippen MR) is 124 cm³/mol. The van der Waals surface area contributed by atoms with Crippen LogP contribution in [0.3, 0.4) is 0 Å². The normalized spacial score (nSPS) is 21.5. The predicted octanol–water partition coefficient (Wildman–Crippen LogP) is 3.69. The number of piperazine rings is 1. The summed E-state index contributed by atoms with van der Waals surface area (Å²) in [6, 6.07) is 17.2. The Labute approximate surface area is 184 Å². The van der Waals surface area contributed by atoms with Gasteiger partial charge in [0.15, 0.2) is 9.84 Å². The van der Waals surface area contributed by atoms with Gasteiger partial charge in [0.25, 0.3) is 0 Å². The van der Waals surface area contributed by atoms with Gasteiger partial charge in [-0.15, -0.1) is 0 Å². The summed E-state index contributed by atoms with van der Waals surface area (Å²) in [5, 5.41) is 0. The second kappa shape index (κ2) is 9.80. The van der Waals surface area contributed by atoms with Crippen LogP contribution in [0.1, 0.15) is 5.56 Å². The lowest BCUT2D eigenvalue weighted by Crippen LogP contribution is -2.56. The van der Waals surface area contributed by atoms with E-state index in [0.717, 1.165) is 18.7 Å². The molecule has 0 amide bonds. The molecule has 1 saturated heterocycles. The molecule has 1 heterocycles. The van der Waals surface area contributed by atoms with Crippen LogP contribution < -0.4 is 4.74 Å². The van der Waals surface area contributed by atoms with Gasteiger partial charge < -0.3 is 4.74 Å². The van der Waals surface area contributed by atoms with Crippen LogP contribution in [0.15, 0.2) is 59.5 Å². The van der Waals surface area contributed by atoms with E-state index in [0.29, 0.717) is 17.5 Å². The number of rotatable bonds is 7. The number of halogens is 1. The highest BCUT2D eigenvalue weighted by molar-refractivity contribution is 14.2. The van der Waals surface area contributed by atoms with Crippen LogP contribution >= 0.6 is 30.3 Å². The van der Waals surface area contributed by atoms with E-state index in [2.05, 4.69) is 42.5 Å². The summed E-state index contributed by atoms with van der Waals surface area (Å²) in [5.74, 6) is 0.995. The maximum atomic E-state index is 12.8. The van der Waals surface area contributed by atoms with Gasteiger partial charge in [-0.1, -0.05) is 30.3 Å². The van der Waals surface area contributed by atoms with Crippen molar-refractivity contribution in [3.8, 4) is 5.75 Å². The fraction of sp³-hybridized carbons (Fsp3) is 0.400. The Morgan fingerprint density at radius 3 is 2.54 bits per heavy atom. The molecular weight excluding hydrogens is 507 g/mol. The van der Waals surface area contributed by atoms with Gasteiger partial charge >= 0.3 is 0 Å². The van der Waals surface area contributed by atoms with E-state index in [1.54, 1.807) is 40.5 Å². The zero-order chi connectivity index (χ0) is 20.1. The van der Waals surface area contributed by atoms with E-state index in [-0.39, 0.29) is 11.8 Å². The van der Waals surface area contributed by atoms with Crippen LogP contribution in [0, 0.1) is 0 Å². The highest BCUT2D eigenvalue weighted by atomic mass is 127. The van der Waals surface area contributed by atoms with E-state index >= 15 is 0 Å². The first-order valence-electron chi connectivity index (χ1n) is 9.09. The van der Waals surface area contributed by atoms with Gasteiger partial charge in [-0.05, 0) is 52.4 Å². The van der Waals surface area contributed by atoms with Crippen molar-refractivity contribution in [2.45, 2.75) is 23.4 Å². The number of hydrogen-bond donors (Lipinski definition) is 0. The highest BCUT2D eigenvalue weighted by Crippen LogP contribution is 2.30. The van der Waals surface area contributed by atoms with Crippen LogP contribution in [0.4, 0.5) is 0 Å². The molecular formula is C20H25IN2O3S2. The molecule has 5 nitrogen and oxygen atoms in total. The average molecular weight is 532 g/mol. The Morgan fingerprint density at radius 2 is 1.86 bits per heavy atom. The lowest BCUT2D eigenvalue weighted by Gasteiger charge is -2.43. The summed E-state index contributed by atoms with van der Waals surface area (Å²) in [7, 11) is 2.06. The third-order valence-corrected chi connectivity index (χ3v) is 9.08. The summed E-state index contributed by atoms with van der Waals surface area (Å²) < 4.78 is 33.3. The smallest absolute Gasteiger partial charge is 0.179 e. The van der Waals surface area contributed by atoms with E-state index < -0.39 is 9.84 Å². The first kappa shape index (κ1) is 21.9. The fourth-order valence-electron chi connectivity index (χ4n) is 3.55. The number of hydrogen-bond acceptors (Lipinski definition) is 6. The minimum Gasteiger partial charge on any atom is -0.497 e. The maximum absolute atomic E-state index is 12.8. The van der Waals surface area contributed by atoms with Crippen LogP contribution in [0.5, 0.6) is 5.75 Å². The zero-order valence-corrected chi connectivity index (χ0v) is 19.8. The summed E-state index contributed by atoms with van der Waals surface area (Å²) in [6.45, 7) is 1.53. The van der Waals surface area contributed by atoms with Crippen molar-refractivity contribution in [3.05, 3.63) is 60.2 Å². The van der Waals surface area contributed by atoms with Gasteiger partial charge in [-0.25, -0.2) is 12.7 Å². The van der Waals surface area contributed by atoms with Crippen molar-refractivity contribution < 1.29 is 13.2 Å². The molecule has 0 aliphatic carbocycles. The zero-order valence-electron chi connectivity index (χ0n) is 16.0. The molecule has 2 atom stereocenters. The fourth-order valence-corrected chi connectivity index (χ4v) is 7.11. The Hall–Kier alpha value is -0.810. The molecule has 1 aliphatic heterocycles. The molecule has 0 aromatic heterocycles. The van der Waals surface area contributed by atoms with Crippen LogP contribution in [-0.4, -0.2) is 62.7 Å². The molecule has 2 aromatic carbocycles. The lowest BCUT2D eigenvalue weighted by atomic mass is 10.0. The number of benzene rings is 2. The molecule has 1 fully saturated rings. The molecule has 2 aromatic rings. The number of likely N-dealkylation sites (N-methyl/N-ethyl adjacent to an activating group) is 1. The first-order valence-corrected chi connectivity index (χ1v) is 14.1. The minimum atomic E-state index is -3.31. The Kier molecular flexibility index (Phi) is 7.66. The van der Waals surface area contributed by atoms with Crippen molar-refractivity contribution >= 4 is 40.2 Å². The largest absolute Gasteiger partial charge is 0.497 e. The highest BCUT2D eigenvalue weighted by Gasteiger charge is 2.35. The summed E-state index contributed by atoms with van der Waals surface area (Å²) in [4.78, 5) is 2.59. The van der Waals surface area contributed by atoms with Crippen LogP contribution in [-0.2, 0) is 16.3 Å². The molecule has 0 bridgehead atoms. The van der Waals surface area contributed by atoms with Crippen molar-refractivity contribution in [2.24, 2.45) is 0 Å². The first-order chi connectivity index (χ1) is 13.4. The second-order valence-electron chi connectivity index (χ2n) is 7.07. The number of sulfone groups is 1. The standard InChI is InChI=1S/C20H25IN2O3S2/c1-22-13-17(11-16-7-6-8-19(12-16)26-2)23(27-21)14-18(22)15-28(24,25)20-9-4-3-5-10-20/h3-10,12,17-18H,11,13-15H2,1-2H3/t17-,18+/m0/s1. The monoisotopic (exact) mass is 532 g/mol. The molecule has 0 spiro atoms. The number of methoxy groups -OCH3 is 1. The quantitative estimate of drug-likeness (QED) is 0.401. The maximum Gasteiger partial charge on any atom is 0.179 e. The van der Waals surface area contributed by atoms with Crippen molar-refractivity contribution in [1.29, 1.82) is 0 Å². The SMILES string of the molecule is COc1cccc(C[C@H]2CN(C)[C@@H](CS(=O)(=O)c3ccccc3)CN2SI)c1. The van der Waals surface area contributed by atoms with Crippen molar-refractivity contribution in [2.75, 3.05) is 33.0 Å². The number of ether oxygens (including phenoxy) is 1. The van der Waals surface area contributed by atoms with Crippen LogP contribution in [0.2, 0.25) is 0 Å². The Balaban J connectivity index is 1.70. The van der Waals surface area contributed by atoms with Gasteiger partial charge in [-0.3, -0.25) is 4.90 Å². The summed E-state index contributed by atoms with van der Waals surface area (Å²) in [5.41, 5.74) is 1.23. The van der Waals surface area contributed by atoms with E-state index in [9.17, 15) is 8.42 Å². The van der Waals surface area contributed by atoms with E-state index in [1.165, 1.54) is 5.56 Å². The third kappa shape index (κ3) is 5.41. The number of nitrogens with zero attached hydrogens (tertiary/aromatic N) is 2. The molecule has 0 saturated carbocycles. The third-order valence-electron chi connectivity index (χ3n) is 5.13. The molecule has 0 N–H and O–H groups in total. The molecule has 1 aliphatic rings. The topological polar surface area (TPSA) is 49.9 Å². The Morgan fingerprint density at radius 1 is 1.11 bits per heavy atom. The van der Waals surface area contributed by atoms with Gasteiger partial charge in [-0.2, -0.15) is 0 Å². The molecule has 0 radical (unpaired) electrons.